The van der Waals surface area contributed by atoms with Crippen molar-refractivity contribution in [3.63, 3.8) is 0 Å². The molecule has 0 spiro atoms. The highest BCUT2D eigenvalue weighted by atomic mass is 16.5. The molecule has 25 heavy (non-hydrogen) atoms. The maximum Gasteiger partial charge on any atom is 0.251 e. The summed E-state index contributed by atoms with van der Waals surface area (Å²) in [5.74, 6) is 0.0103. The van der Waals surface area contributed by atoms with Gasteiger partial charge in [-0.15, -0.1) is 0 Å². The average Bonchev–Trinajstić information content (AvgIpc) is 2.69. The van der Waals surface area contributed by atoms with Gasteiger partial charge in [-0.3, -0.25) is 9.69 Å². The number of amides is 1. The summed E-state index contributed by atoms with van der Waals surface area (Å²) in [6.45, 7) is 4.48. The third-order valence-corrected chi connectivity index (χ3v) is 4.54. The number of nitrogens with zero attached hydrogens (tertiary/aromatic N) is 1. The molecule has 1 amide bonds. The van der Waals surface area contributed by atoms with Crippen molar-refractivity contribution in [1.29, 1.82) is 0 Å². The van der Waals surface area contributed by atoms with E-state index in [1.807, 2.05) is 36.4 Å². The topological polar surface area (TPSA) is 41.6 Å². The van der Waals surface area contributed by atoms with Crippen molar-refractivity contribution in [1.82, 2.24) is 10.2 Å². The van der Waals surface area contributed by atoms with Crippen molar-refractivity contribution >= 4 is 5.91 Å². The van der Waals surface area contributed by atoms with Crippen LogP contribution in [0, 0.1) is 0 Å². The highest BCUT2D eigenvalue weighted by Gasteiger charge is 2.21. The number of hydrogen-bond acceptors (Lipinski definition) is 3. The number of nitrogens with one attached hydrogen (secondary N) is 1. The fourth-order valence-corrected chi connectivity index (χ4v) is 3.13. The smallest absolute Gasteiger partial charge is 0.251 e. The van der Waals surface area contributed by atoms with Crippen molar-refractivity contribution in [2.24, 2.45) is 0 Å². The first-order chi connectivity index (χ1) is 12.3. The monoisotopic (exact) mass is 338 g/mol. The molecule has 0 saturated carbocycles. The number of morpholine rings is 1. The van der Waals surface area contributed by atoms with Crippen molar-refractivity contribution in [2.45, 2.75) is 18.9 Å². The zero-order valence-corrected chi connectivity index (χ0v) is 14.6. The van der Waals surface area contributed by atoms with Gasteiger partial charge in [0.1, 0.15) is 0 Å². The van der Waals surface area contributed by atoms with E-state index < -0.39 is 0 Å². The minimum Gasteiger partial charge on any atom is -0.371 e. The summed E-state index contributed by atoms with van der Waals surface area (Å²) >= 11 is 0. The summed E-state index contributed by atoms with van der Waals surface area (Å²) in [6.07, 6.45) is 2.25. The van der Waals surface area contributed by atoms with Gasteiger partial charge in [0, 0.05) is 25.2 Å². The number of hydrogen-bond donors (Lipinski definition) is 1. The molecule has 1 fully saturated rings. The molecule has 1 heterocycles. The fraction of sp³-hybridized carbons (Fsp3) is 0.381. The van der Waals surface area contributed by atoms with Crippen LogP contribution in [0.25, 0.3) is 0 Å². The Bertz CT molecular complexity index is 645. The summed E-state index contributed by atoms with van der Waals surface area (Å²) in [5, 5.41) is 2.99. The van der Waals surface area contributed by atoms with Crippen LogP contribution in [-0.2, 0) is 4.74 Å². The van der Waals surface area contributed by atoms with E-state index in [1.54, 1.807) is 0 Å². The SMILES string of the molecule is O=C(NCCCCN1CCOC(c2ccccc2)C1)c1ccccc1. The Labute approximate surface area is 149 Å². The third kappa shape index (κ3) is 5.41. The molecule has 1 aliphatic heterocycles. The van der Waals surface area contributed by atoms with Gasteiger partial charge in [-0.25, -0.2) is 0 Å². The van der Waals surface area contributed by atoms with E-state index in [9.17, 15) is 4.79 Å². The number of rotatable bonds is 7. The maximum absolute atomic E-state index is 12.0. The number of ether oxygens (including phenoxy) is 1. The third-order valence-electron chi connectivity index (χ3n) is 4.54. The quantitative estimate of drug-likeness (QED) is 0.788. The van der Waals surface area contributed by atoms with Gasteiger partial charge in [0.25, 0.3) is 5.91 Å². The predicted octanol–water partition coefficient (Wildman–Crippen LogP) is 3.27. The number of carbonyl (C=O) groups excluding carboxylic acids is 1. The largest absolute Gasteiger partial charge is 0.371 e. The van der Waals surface area contributed by atoms with E-state index in [0.717, 1.165) is 51.2 Å². The van der Waals surface area contributed by atoms with Gasteiger partial charge in [0.2, 0.25) is 0 Å². The molecule has 0 aromatic heterocycles. The second kappa shape index (κ2) is 9.35. The highest BCUT2D eigenvalue weighted by Crippen LogP contribution is 2.21. The molecule has 2 aromatic rings. The van der Waals surface area contributed by atoms with Gasteiger partial charge in [0.05, 0.1) is 12.7 Å². The van der Waals surface area contributed by atoms with E-state index in [-0.39, 0.29) is 12.0 Å². The number of carbonyl (C=O) groups is 1. The van der Waals surface area contributed by atoms with E-state index in [2.05, 4.69) is 34.5 Å². The molecule has 1 unspecified atom stereocenters. The first-order valence-corrected chi connectivity index (χ1v) is 9.05. The Balaban J connectivity index is 1.34. The lowest BCUT2D eigenvalue weighted by Crippen LogP contribution is -2.39. The van der Waals surface area contributed by atoms with Crippen molar-refractivity contribution < 1.29 is 9.53 Å². The minimum absolute atomic E-state index is 0.0103. The molecular weight excluding hydrogens is 312 g/mol. The van der Waals surface area contributed by atoms with Crippen molar-refractivity contribution in [3.05, 3.63) is 71.8 Å². The highest BCUT2D eigenvalue weighted by molar-refractivity contribution is 5.94. The van der Waals surface area contributed by atoms with E-state index in [0.29, 0.717) is 0 Å². The molecule has 0 radical (unpaired) electrons. The zero-order valence-electron chi connectivity index (χ0n) is 14.6. The van der Waals surface area contributed by atoms with E-state index in [4.69, 9.17) is 4.74 Å². The van der Waals surface area contributed by atoms with E-state index >= 15 is 0 Å². The molecular formula is C21H26N2O2. The minimum atomic E-state index is 0.0103. The lowest BCUT2D eigenvalue weighted by molar-refractivity contribution is -0.0303. The zero-order chi connectivity index (χ0) is 17.3. The van der Waals surface area contributed by atoms with Crippen LogP contribution in [0.4, 0.5) is 0 Å². The van der Waals surface area contributed by atoms with Gasteiger partial charge in [-0.05, 0) is 37.1 Å². The van der Waals surface area contributed by atoms with Crippen molar-refractivity contribution in [2.75, 3.05) is 32.8 Å². The summed E-state index contributed by atoms with van der Waals surface area (Å²) in [7, 11) is 0. The van der Waals surface area contributed by atoms with Crippen LogP contribution in [0.2, 0.25) is 0 Å². The Hall–Kier alpha value is -2.17. The standard InChI is InChI=1S/C21H26N2O2/c24-21(19-11-5-2-6-12-19)22-13-7-8-14-23-15-16-25-20(17-23)18-9-3-1-4-10-18/h1-6,9-12,20H,7-8,13-17H2,(H,22,24). The van der Waals surface area contributed by atoms with Crippen LogP contribution in [-0.4, -0.2) is 43.6 Å². The number of unbranched alkanes of at least 4 members (excludes halogenated alkanes) is 1. The van der Waals surface area contributed by atoms with Gasteiger partial charge >= 0.3 is 0 Å². The molecule has 0 bridgehead atoms. The Morgan fingerprint density at radius 2 is 1.76 bits per heavy atom. The first-order valence-electron chi connectivity index (χ1n) is 9.05. The molecule has 1 saturated heterocycles. The number of benzene rings is 2. The summed E-state index contributed by atoms with van der Waals surface area (Å²) in [6, 6.07) is 19.8. The molecule has 1 N–H and O–H groups in total. The van der Waals surface area contributed by atoms with Gasteiger partial charge < -0.3 is 10.1 Å². The Kier molecular flexibility index (Phi) is 6.60. The second-order valence-electron chi connectivity index (χ2n) is 6.40. The van der Waals surface area contributed by atoms with Crippen LogP contribution in [0.5, 0.6) is 0 Å². The van der Waals surface area contributed by atoms with Gasteiger partial charge in [0.15, 0.2) is 0 Å². The summed E-state index contributed by atoms with van der Waals surface area (Å²) < 4.78 is 5.90. The fourth-order valence-electron chi connectivity index (χ4n) is 3.13. The van der Waals surface area contributed by atoms with Gasteiger partial charge in [-0.2, -0.15) is 0 Å². The van der Waals surface area contributed by atoms with Crippen LogP contribution in [0.3, 0.4) is 0 Å². The van der Waals surface area contributed by atoms with Gasteiger partial charge in [-0.1, -0.05) is 48.5 Å². The van der Waals surface area contributed by atoms with Crippen LogP contribution in [0.1, 0.15) is 34.9 Å². The van der Waals surface area contributed by atoms with Crippen molar-refractivity contribution in [3.8, 4) is 0 Å². The van der Waals surface area contributed by atoms with Crippen LogP contribution >= 0.6 is 0 Å². The molecule has 1 aliphatic rings. The van der Waals surface area contributed by atoms with Crippen LogP contribution < -0.4 is 5.32 Å². The molecule has 132 valence electrons. The predicted molar refractivity (Wildman–Crippen MR) is 99.6 cm³/mol. The first kappa shape index (κ1) is 17.6. The molecule has 4 heteroatoms. The summed E-state index contributed by atoms with van der Waals surface area (Å²) in [4.78, 5) is 14.4. The Morgan fingerprint density at radius 3 is 2.52 bits per heavy atom. The molecule has 4 nitrogen and oxygen atoms in total. The normalized spacial score (nSPS) is 18.0. The molecule has 2 aromatic carbocycles. The van der Waals surface area contributed by atoms with Crippen LogP contribution in [0.15, 0.2) is 60.7 Å². The van der Waals surface area contributed by atoms with E-state index in [1.165, 1.54) is 5.56 Å². The average molecular weight is 338 g/mol. The molecule has 3 rings (SSSR count). The molecule has 1 atom stereocenters. The maximum atomic E-state index is 12.0. The molecule has 0 aliphatic carbocycles. The lowest BCUT2D eigenvalue weighted by Gasteiger charge is -2.33. The summed E-state index contributed by atoms with van der Waals surface area (Å²) in [5.41, 5.74) is 1.98. The Morgan fingerprint density at radius 1 is 1.04 bits per heavy atom. The second-order valence-corrected chi connectivity index (χ2v) is 6.40. The lowest BCUT2D eigenvalue weighted by atomic mass is 10.1.